The minimum atomic E-state index is -0.0181. The van der Waals surface area contributed by atoms with Crippen LogP contribution in [0.1, 0.15) is 23.3 Å². The predicted molar refractivity (Wildman–Crippen MR) is 64.5 cm³/mol. The van der Waals surface area contributed by atoms with Gasteiger partial charge in [-0.2, -0.15) is 5.10 Å². The normalized spacial score (nSPS) is 15.2. The van der Waals surface area contributed by atoms with Crippen LogP contribution in [0.2, 0.25) is 5.02 Å². The number of rotatable bonds is 7. The van der Waals surface area contributed by atoms with Gasteiger partial charge in [-0.05, 0) is 12.8 Å². The maximum Gasteiger partial charge on any atom is 0.196 e. The molecule has 0 spiro atoms. The average Bonchev–Trinajstić information content (AvgIpc) is 3.07. The van der Waals surface area contributed by atoms with E-state index < -0.39 is 0 Å². The lowest BCUT2D eigenvalue weighted by atomic mass is 10.2. The Morgan fingerprint density at radius 3 is 3.12 bits per heavy atom. The molecule has 0 bridgehead atoms. The summed E-state index contributed by atoms with van der Waals surface area (Å²) in [6.45, 7) is 1.37. The highest BCUT2D eigenvalue weighted by Crippen LogP contribution is 2.19. The third-order valence-electron chi connectivity index (χ3n) is 2.69. The predicted octanol–water partition coefficient (Wildman–Crippen LogP) is 1.12. The minimum absolute atomic E-state index is 0.0181. The fourth-order valence-corrected chi connectivity index (χ4v) is 1.84. The Balaban J connectivity index is 2.00. The zero-order chi connectivity index (χ0) is 12.3. The molecule has 1 aromatic rings. The summed E-state index contributed by atoms with van der Waals surface area (Å²) in [5, 5.41) is 7.65. The molecule has 0 aliphatic heterocycles. The number of nitrogens with one attached hydrogen (secondary N) is 1. The molecule has 94 valence electrons. The van der Waals surface area contributed by atoms with Crippen LogP contribution in [0.5, 0.6) is 0 Å². The quantitative estimate of drug-likeness (QED) is 0.744. The third kappa shape index (κ3) is 3.28. The number of methoxy groups -OCH3 is 1. The molecule has 0 aromatic carbocycles. The van der Waals surface area contributed by atoms with Gasteiger partial charge in [0.25, 0.3) is 0 Å². The molecule has 0 saturated heterocycles. The van der Waals surface area contributed by atoms with Crippen LogP contribution in [0.15, 0.2) is 6.20 Å². The molecule has 1 saturated carbocycles. The van der Waals surface area contributed by atoms with Crippen molar-refractivity contribution < 1.29 is 9.53 Å². The third-order valence-corrected chi connectivity index (χ3v) is 2.97. The summed E-state index contributed by atoms with van der Waals surface area (Å²) in [4.78, 5) is 12.0. The molecule has 1 aliphatic rings. The Hall–Kier alpha value is -0.910. The van der Waals surface area contributed by atoms with E-state index in [9.17, 15) is 4.79 Å². The molecule has 1 heterocycles. The number of ketones is 1. The smallest absolute Gasteiger partial charge is 0.196 e. The van der Waals surface area contributed by atoms with Gasteiger partial charge in [-0.15, -0.1) is 0 Å². The second kappa shape index (κ2) is 5.62. The van der Waals surface area contributed by atoms with Gasteiger partial charge >= 0.3 is 0 Å². The first-order valence-electron chi connectivity index (χ1n) is 5.69. The van der Waals surface area contributed by atoms with Crippen molar-refractivity contribution in [3.05, 3.63) is 16.9 Å². The van der Waals surface area contributed by atoms with Crippen LogP contribution in [0.3, 0.4) is 0 Å². The van der Waals surface area contributed by atoms with E-state index in [4.69, 9.17) is 16.3 Å². The summed E-state index contributed by atoms with van der Waals surface area (Å²) in [7, 11) is 1.61. The topological polar surface area (TPSA) is 56.2 Å². The molecule has 0 radical (unpaired) electrons. The lowest BCUT2D eigenvalue weighted by Gasteiger charge is -2.07. The highest BCUT2D eigenvalue weighted by atomic mass is 35.5. The van der Waals surface area contributed by atoms with E-state index in [-0.39, 0.29) is 5.78 Å². The number of hydrogen-bond acceptors (Lipinski definition) is 4. The SMILES string of the molecule is COCCn1ncc(Cl)c1C(=O)CNC1CC1. The van der Waals surface area contributed by atoms with Crippen molar-refractivity contribution in [3.8, 4) is 0 Å². The molecule has 0 amide bonds. The molecule has 1 N–H and O–H groups in total. The summed E-state index contributed by atoms with van der Waals surface area (Å²) >= 11 is 5.98. The Morgan fingerprint density at radius 1 is 1.71 bits per heavy atom. The van der Waals surface area contributed by atoms with E-state index in [2.05, 4.69) is 10.4 Å². The van der Waals surface area contributed by atoms with E-state index in [1.54, 1.807) is 11.8 Å². The summed E-state index contributed by atoms with van der Waals surface area (Å²) in [5.41, 5.74) is 0.469. The Kier molecular flexibility index (Phi) is 4.15. The van der Waals surface area contributed by atoms with Crippen molar-refractivity contribution in [3.63, 3.8) is 0 Å². The van der Waals surface area contributed by atoms with Gasteiger partial charge in [-0.25, -0.2) is 0 Å². The van der Waals surface area contributed by atoms with Crippen molar-refractivity contribution in [2.45, 2.75) is 25.4 Å². The fourth-order valence-electron chi connectivity index (χ4n) is 1.60. The largest absolute Gasteiger partial charge is 0.383 e. The van der Waals surface area contributed by atoms with Gasteiger partial charge in [0.1, 0.15) is 5.69 Å². The number of ether oxygens (including phenoxy) is 1. The maximum absolute atomic E-state index is 12.0. The van der Waals surface area contributed by atoms with Crippen molar-refractivity contribution >= 4 is 17.4 Å². The van der Waals surface area contributed by atoms with Crippen molar-refractivity contribution in [1.29, 1.82) is 0 Å². The van der Waals surface area contributed by atoms with E-state index >= 15 is 0 Å². The van der Waals surface area contributed by atoms with E-state index in [1.165, 1.54) is 6.20 Å². The molecule has 6 heteroatoms. The molecule has 1 aromatic heterocycles. The van der Waals surface area contributed by atoms with E-state index in [0.29, 0.717) is 36.5 Å². The number of hydrogen-bond donors (Lipinski definition) is 1. The standard InChI is InChI=1S/C11H16ClN3O2/c1-17-5-4-15-11(9(12)6-14-15)10(16)7-13-8-2-3-8/h6,8,13H,2-5,7H2,1H3. The summed E-state index contributed by atoms with van der Waals surface area (Å²) < 4.78 is 6.57. The van der Waals surface area contributed by atoms with Crippen LogP contribution in [-0.2, 0) is 11.3 Å². The molecule has 1 aliphatic carbocycles. The van der Waals surface area contributed by atoms with Crippen LogP contribution in [0.25, 0.3) is 0 Å². The lowest BCUT2D eigenvalue weighted by Crippen LogP contribution is -2.27. The van der Waals surface area contributed by atoms with Crippen LogP contribution < -0.4 is 5.32 Å². The molecule has 1 fully saturated rings. The van der Waals surface area contributed by atoms with Crippen molar-refractivity contribution in [1.82, 2.24) is 15.1 Å². The number of halogens is 1. The Morgan fingerprint density at radius 2 is 2.47 bits per heavy atom. The van der Waals surface area contributed by atoms with Crippen LogP contribution in [0, 0.1) is 0 Å². The monoisotopic (exact) mass is 257 g/mol. The minimum Gasteiger partial charge on any atom is -0.383 e. The average molecular weight is 258 g/mol. The molecular formula is C11H16ClN3O2. The number of carbonyl (C=O) groups is 1. The van der Waals surface area contributed by atoms with Gasteiger partial charge < -0.3 is 10.1 Å². The van der Waals surface area contributed by atoms with E-state index in [0.717, 1.165) is 12.8 Å². The molecule has 17 heavy (non-hydrogen) atoms. The first-order valence-corrected chi connectivity index (χ1v) is 6.07. The highest BCUT2D eigenvalue weighted by Gasteiger charge is 2.23. The summed E-state index contributed by atoms with van der Waals surface area (Å²) in [5.74, 6) is -0.0181. The number of aromatic nitrogens is 2. The van der Waals surface area contributed by atoms with Gasteiger partial charge in [0.2, 0.25) is 0 Å². The van der Waals surface area contributed by atoms with E-state index in [1.807, 2.05) is 0 Å². The van der Waals surface area contributed by atoms with Gasteiger partial charge in [0.15, 0.2) is 5.78 Å². The summed E-state index contributed by atoms with van der Waals surface area (Å²) in [6.07, 6.45) is 3.81. The first kappa shape index (κ1) is 12.5. The number of nitrogens with zero attached hydrogens (tertiary/aromatic N) is 2. The van der Waals surface area contributed by atoms with Gasteiger partial charge in [0.05, 0.1) is 30.9 Å². The maximum atomic E-state index is 12.0. The number of carbonyl (C=O) groups excluding carboxylic acids is 1. The van der Waals surface area contributed by atoms with Gasteiger partial charge in [-0.1, -0.05) is 11.6 Å². The molecule has 2 rings (SSSR count). The molecule has 5 nitrogen and oxygen atoms in total. The van der Waals surface area contributed by atoms with Gasteiger partial charge in [-0.3, -0.25) is 9.48 Å². The highest BCUT2D eigenvalue weighted by molar-refractivity contribution is 6.33. The fraction of sp³-hybridized carbons (Fsp3) is 0.636. The van der Waals surface area contributed by atoms with Crippen LogP contribution >= 0.6 is 11.6 Å². The van der Waals surface area contributed by atoms with Crippen LogP contribution in [0.4, 0.5) is 0 Å². The van der Waals surface area contributed by atoms with Crippen LogP contribution in [-0.4, -0.2) is 41.9 Å². The zero-order valence-corrected chi connectivity index (χ0v) is 10.5. The van der Waals surface area contributed by atoms with Crippen molar-refractivity contribution in [2.75, 3.05) is 20.3 Å². The van der Waals surface area contributed by atoms with Crippen molar-refractivity contribution in [2.24, 2.45) is 0 Å². The molecule has 0 unspecified atom stereocenters. The Labute approximate surface area is 105 Å². The molecule has 0 atom stereocenters. The Bertz CT molecular complexity index is 401. The first-order chi connectivity index (χ1) is 8.22. The number of Topliss-reactive ketones (excluding diaryl/α,β-unsaturated/α-hetero) is 1. The second-order valence-corrected chi connectivity index (χ2v) is 4.54. The zero-order valence-electron chi connectivity index (χ0n) is 9.78. The van der Waals surface area contributed by atoms with Gasteiger partial charge in [0, 0.05) is 13.2 Å². The molecular weight excluding hydrogens is 242 g/mol. The summed E-state index contributed by atoms with van der Waals surface area (Å²) in [6, 6.07) is 0.507. The lowest BCUT2D eigenvalue weighted by molar-refractivity contribution is 0.0977. The second-order valence-electron chi connectivity index (χ2n) is 4.14.